The van der Waals surface area contributed by atoms with Crippen molar-refractivity contribution in [3.63, 3.8) is 0 Å². The molecule has 1 fully saturated rings. The molecule has 1 aliphatic heterocycles. The number of urea groups is 1. The number of para-hydroxylation sites is 2. The lowest BCUT2D eigenvalue weighted by atomic mass is 10.3. The Morgan fingerprint density at radius 3 is 2.46 bits per heavy atom. The maximum absolute atomic E-state index is 12.6. The van der Waals surface area contributed by atoms with Crippen LogP contribution in [0.25, 0.3) is 11.0 Å². The number of rotatable bonds is 4. The normalized spacial score (nSPS) is 14.4. The second-order valence-corrected chi connectivity index (χ2v) is 6.82. The van der Waals surface area contributed by atoms with Gasteiger partial charge in [-0.1, -0.05) is 12.1 Å². The van der Waals surface area contributed by atoms with Crippen molar-refractivity contribution in [1.82, 2.24) is 14.5 Å². The summed E-state index contributed by atoms with van der Waals surface area (Å²) < 4.78 is 7.55. The first-order chi connectivity index (χ1) is 13.7. The minimum Gasteiger partial charge on any atom is -0.494 e. The Bertz CT molecular complexity index is 959. The zero-order valence-corrected chi connectivity index (χ0v) is 16.3. The van der Waals surface area contributed by atoms with Gasteiger partial charge in [-0.15, -0.1) is 0 Å². The Hall–Kier alpha value is -3.22. The van der Waals surface area contributed by atoms with Gasteiger partial charge in [0.2, 0.25) is 5.95 Å². The number of imidazole rings is 1. The smallest absolute Gasteiger partial charge is 0.321 e. The molecule has 28 heavy (non-hydrogen) atoms. The van der Waals surface area contributed by atoms with Gasteiger partial charge in [0.25, 0.3) is 0 Å². The monoisotopic (exact) mass is 379 g/mol. The van der Waals surface area contributed by atoms with Gasteiger partial charge in [0.15, 0.2) is 0 Å². The van der Waals surface area contributed by atoms with Crippen LogP contribution in [-0.4, -0.2) is 53.3 Å². The van der Waals surface area contributed by atoms with Crippen LogP contribution in [0.5, 0.6) is 5.75 Å². The van der Waals surface area contributed by atoms with Crippen LogP contribution in [0.3, 0.4) is 0 Å². The minimum atomic E-state index is -0.0752. The summed E-state index contributed by atoms with van der Waals surface area (Å²) in [5.41, 5.74) is 2.88. The summed E-state index contributed by atoms with van der Waals surface area (Å²) in [6.07, 6.45) is 0. The number of hydrogen-bond donors (Lipinski definition) is 1. The van der Waals surface area contributed by atoms with Gasteiger partial charge in [-0.3, -0.25) is 0 Å². The van der Waals surface area contributed by atoms with E-state index in [0.29, 0.717) is 19.7 Å². The summed E-state index contributed by atoms with van der Waals surface area (Å²) in [5, 5.41) is 2.96. The van der Waals surface area contributed by atoms with Crippen LogP contribution >= 0.6 is 0 Å². The van der Waals surface area contributed by atoms with E-state index in [9.17, 15) is 4.79 Å². The van der Waals surface area contributed by atoms with E-state index in [1.807, 2.05) is 61.3 Å². The third kappa shape index (κ3) is 3.60. The summed E-state index contributed by atoms with van der Waals surface area (Å²) in [6.45, 7) is 5.41. The molecule has 1 aromatic heterocycles. The largest absolute Gasteiger partial charge is 0.494 e. The van der Waals surface area contributed by atoms with Crippen LogP contribution in [0.2, 0.25) is 0 Å². The molecule has 2 heterocycles. The predicted molar refractivity (Wildman–Crippen MR) is 111 cm³/mol. The molecule has 1 saturated heterocycles. The van der Waals surface area contributed by atoms with Crippen molar-refractivity contribution >= 4 is 28.7 Å². The maximum atomic E-state index is 12.6. The van der Waals surface area contributed by atoms with E-state index < -0.39 is 0 Å². The van der Waals surface area contributed by atoms with E-state index in [0.717, 1.165) is 41.5 Å². The summed E-state index contributed by atoms with van der Waals surface area (Å²) in [5.74, 6) is 1.75. The Labute approximate surface area is 164 Å². The van der Waals surface area contributed by atoms with Gasteiger partial charge in [0.1, 0.15) is 5.75 Å². The van der Waals surface area contributed by atoms with Gasteiger partial charge in [-0.25, -0.2) is 9.78 Å². The summed E-state index contributed by atoms with van der Waals surface area (Å²) >= 11 is 0. The molecule has 1 aliphatic rings. The molecule has 146 valence electrons. The van der Waals surface area contributed by atoms with Gasteiger partial charge in [0, 0.05) is 38.9 Å². The van der Waals surface area contributed by atoms with Crippen LogP contribution < -0.4 is 15.0 Å². The number of hydrogen-bond acceptors (Lipinski definition) is 4. The number of anilines is 2. The topological polar surface area (TPSA) is 62.6 Å². The van der Waals surface area contributed by atoms with Crippen LogP contribution in [0, 0.1) is 0 Å². The van der Waals surface area contributed by atoms with E-state index in [1.165, 1.54) is 0 Å². The van der Waals surface area contributed by atoms with E-state index in [4.69, 9.17) is 9.72 Å². The minimum absolute atomic E-state index is 0.0752. The molecule has 0 unspecified atom stereocenters. The number of benzene rings is 2. The predicted octanol–water partition coefficient (Wildman–Crippen LogP) is 3.33. The first-order valence-corrected chi connectivity index (χ1v) is 9.61. The van der Waals surface area contributed by atoms with Crippen LogP contribution in [0.15, 0.2) is 48.5 Å². The van der Waals surface area contributed by atoms with Gasteiger partial charge in [-0.05, 0) is 43.3 Å². The fraction of sp³-hybridized carbons (Fsp3) is 0.333. The highest BCUT2D eigenvalue weighted by molar-refractivity contribution is 5.89. The lowest BCUT2D eigenvalue weighted by Gasteiger charge is -2.35. The molecule has 1 N–H and O–H groups in total. The van der Waals surface area contributed by atoms with Crippen molar-refractivity contribution in [3.8, 4) is 5.75 Å². The number of carbonyl (C=O) groups is 1. The highest BCUT2D eigenvalue weighted by Crippen LogP contribution is 2.22. The highest BCUT2D eigenvalue weighted by atomic mass is 16.5. The van der Waals surface area contributed by atoms with Gasteiger partial charge in [-0.2, -0.15) is 0 Å². The van der Waals surface area contributed by atoms with Crippen molar-refractivity contribution in [2.24, 2.45) is 7.05 Å². The maximum Gasteiger partial charge on any atom is 0.321 e. The van der Waals surface area contributed by atoms with Gasteiger partial charge < -0.3 is 24.4 Å². The Morgan fingerprint density at radius 2 is 1.79 bits per heavy atom. The number of ether oxygens (including phenoxy) is 1. The lowest BCUT2D eigenvalue weighted by molar-refractivity contribution is 0.208. The average Bonchev–Trinajstić information content (AvgIpc) is 3.07. The van der Waals surface area contributed by atoms with Crippen LogP contribution in [-0.2, 0) is 7.05 Å². The first kappa shape index (κ1) is 18.2. The van der Waals surface area contributed by atoms with Crippen molar-refractivity contribution in [2.75, 3.05) is 43.0 Å². The summed E-state index contributed by atoms with van der Waals surface area (Å²) in [7, 11) is 2.04. The summed E-state index contributed by atoms with van der Waals surface area (Å²) in [4.78, 5) is 21.4. The molecule has 7 nitrogen and oxygen atoms in total. The lowest BCUT2D eigenvalue weighted by Crippen LogP contribution is -2.50. The number of aryl methyl sites for hydroxylation is 1. The van der Waals surface area contributed by atoms with Crippen LogP contribution in [0.1, 0.15) is 6.92 Å². The number of carbonyl (C=O) groups excluding carboxylic acids is 1. The fourth-order valence-electron chi connectivity index (χ4n) is 3.53. The fourth-order valence-corrected chi connectivity index (χ4v) is 3.53. The van der Waals surface area contributed by atoms with Gasteiger partial charge >= 0.3 is 6.03 Å². The Kier molecular flexibility index (Phi) is 5.06. The molecule has 0 radical (unpaired) electrons. The number of aromatic nitrogens is 2. The highest BCUT2D eigenvalue weighted by Gasteiger charge is 2.24. The van der Waals surface area contributed by atoms with E-state index in [-0.39, 0.29) is 6.03 Å². The first-order valence-electron chi connectivity index (χ1n) is 9.61. The number of nitrogens with one attached hydrogen (secondary N) is 1. The number of nitrogens with zero attached hydrogens (tertiary/aromatic N) is 4. The molecule has 2 aromatic carbocycles. The van der Waals surface area contributed by atoms with E-state index >= 15 is 0 Å². The zero-order valence-electron chi connectivity index (χ0n) is 16.3. The molecular formula is C21H25N5O2. The molecule has 4 rings (SSSR count). The number of piperazine rings is 1. The SMILES string of the molecule is CCOc1ccc(NC(=O)N2CCN(c3nc4ccccc4n3C)CC2)cc1. The Balaban J connectivity index is 1.36. The zero-order chi connectivity index (χ0) is 19.5. The van der Waals surface area contributed by atoms with E-state index in [2.05, 4.69) is 20.9 Å². The molecule has 0 bridgehead atoms. The standard InChI is InChI=1S/C21H25N5O2/c1-3-28-17-10-8-16(9-11-17)22-21(27)26-14-12-25(13-15-26)20-23-18-6-4-5-7-19(18)24(20)2/h4-11H,3,12-15H2,1-2H3,(H,22,27). The molecule has 0 spiro atoms. The molecule has 0 atom stereocenters. The Morgan fingerprint density at radius 1 is 1.07 bits per heavy atom. The van der Waals surface area contributed by atoms with E-state index in [1.54, 1.807) is 0 Å². The molecule has 2 amide bonds. The quantitative estimate of drug-likeness (QED) is 0.755. The molecule has 0 aliphatic carbocycles. The van der Waals surface area contributed by atoms with Crippen molar-refractivity contribution < 1.29 is 9.53 Å². The van der Waals surface area contributed by atoms with Crippen molar-refractivity contribution in [3.05, 3.63) is 48.5 Å². The third-order valence-corrected chi connectivity index (χ3v) is 5.03. The average molecular weight is 379 g/mol. The second-order valence-electron chi connectivity index (χ2n) is 6.82. The summed E-state index contributed by atoms with van der Waals surface area (Å²) in [6, 6.07) is 15.5. The van der Waals surface area contributed by atoms with Crippen molar-refractivity contribution in [2.45, 2.75) is 6.92 Å². The van der Waals surface area contributed by atoms with Crippen LogP contribution in [0.4, 0.5) is 16.4 Å². The molecule has 0 saturated carbocycles. The molecule has 3 aromatic rings. The number of fused-ring (bicyclic) bond motifs is 1. The number of amides is 2. The van der Waals surface area contributed by atoms with Gasteiger partial charge in [0.05, 0.1) is 17.6 Å². The van der Waals surface area contributed by atoms with Crippen molar-refractivity contribution in [1.29, 1.82) is 0 Å². The molecule has 7 heteroatoms. The molecular weight excluding hydrogens is 354 g/mol. The third-order valence-electron chi connectivity index (χ3n) is 5.03. The second kappa shape index (κ2) is 7.80.